The molecule has 3 N–H and O–H groups in total. The smallest absolute Gasteiger partial charge is 0.251 e. The number of nitrogens with one attached hydrogen (secondary N) is 1. The van der Waals surface area contributed by atoms with Crippen molar-refractivity contribution in [3.8, 4) is 0 Å². The zero-order valence-electron chi connectivity index (χ0n) is 13.3. The molecule has 0 saturated heterocycles. The Hall–Kier alpha value is -1.88. The Morgan fingerprint density at radius 1 is 1.32 bits per heavy atom. The highest BCUT2D eigenvalue weighted by Crippen LogP contribution is 2.48. The Labute approximate surface area is 130 Å². The van der Waals surface area contributed by atoms with Gasteiger partial charge < -0.3 is 16.0 Å². The first-order valence-electron chi connectivity index (χ1n) is 7.87. The van der Waals surface area contributed by atoms with Crippen molar-refractivity contribution in [1.82, 2.24) is 5.32 Å². The van der Waals surface area contributed by atoms with Crippen LogP contribution in [0.1, 0.15) is 48.7 Å². The number of anilines is 1. The molecule has 1 aliphatic heterocycles. The second-order valence-corrected chi connectivity index (χ2v) is 6.45. The van der Waals surface area contributed by atoms with E-state index in [1.165, 1.54) is 0 Å². The number of nitrogens with zero attached hydrogens (tertiary/aromatic N) is 1. The van der Waals surface area contributed by atoms with E-state index in [1.807, 2.05) is 17.0 Å². The SMILES string of the molecule is CNC(=O)c1ccc2c(c1)C(N)C(C)C(C1CC1)N2C(C)=O. The minimum atomic E-state index is -0.152. The Kier molecular flexibility index (Phi) is 3.68. The van der Waals surface area contributed by atoms with Crippen LogP contribution in [0.3, 0.4) is 0 Å². The van der Waals surface area contributed by atoms with E-state index >= 15 is 0 Å². The van der Waals surface area contributed by atoms with Crippen molar-refractivity contribution in [1.29, 1.82) is 0 Å². The molecule has 1 saturated carbocycles. The summed E-state index contributed by atoms with van der Waals surface area (Å²) in [5.74, 6) is 0.645. The standard InChI is InChI=1S/C17H23N3O2/c1-9-15(18)13-8-12(17(22)19-3)6-7-14(13)20(10(2)21)16(9)11-4-5-11/h6-9,11,15-16H,4-5,18H2,1-3H3,(H,19,22). The number of carbonyl (C=O) groups excluding carboxylic acids is 2. The summed E-state index contributed by atoms with van der Waals surface area (Å²) in [6, 6.07) is 5.48. The summed E-state index contributed by atoms with van der Waals surface area (Å²) >= 11 is 0. The van der Waals surface area contributed by atoms with Gasteiger partial charge in [0.05, 0.1) is 0 Å². The van der Waals surface area contributed by atoms with Crippen molar-refractivity contribution in [2.24, 2.45) is 17.6 Å². The maximum atomic E-state index is 12.2. The second kappa shape index (κ2) is 5.39. The van der Waals surface area contributed by atoms with E-state index in [2.05, 4.69) is 12.2 Å². The van der Waals surface area contributed by atoms with Crippen LogP contribution in [0.4, 0.5) is 5.69 Å². The third kappa shape index (κ3) is 2.29. The van der Waals surface area contributed by atoms with Gasteiger partial charge >= 0.3 is 0 Å². The lowest BCUT2D eigenvalue weighted by molar-refractivity contribution is -0.117. The molecule has 3 unspecified atom stereocenters. The molecule has 3 rings (SSSR count). The van der Waals surface area contributed by atoms with E-state index in [-0.39, 0.29) is 29.8 Å². The molecule has 2 amide bonds. The topological polar surface area (TPSA) is 75.4 Å². The summed E-state index contributed by atoms with van der Waals surface area (Å²) < 4.78 is 0. The first kappa shape index (κ1) is 15.0. The highest BCUT2D eigenvalue weighted by atomic mass is 16.2. The lowest BCUT2D eigenvalue weighted by atomic mass is 9.80. The molecule has 5 nitrogen and oxygen atoms in total. The molecule has 118 valence electrons. The van der Waals surface area contributed by atoms with Crippen LogP contribution in [-0.4, -0.2) is 24.9 Å². The Balaban J connectivity index is 2.09. The van der Waals surface area contributed by atoms with E-state index in [0.717, 1.165) is 24.1 Å². The highest BCUT2D eigenvalue weighted by Gasteiger charge is 2.46. The monoisotopic (exact) mass is 301 g/mol. The fraction of sp³-hybridized carbons (Fsp3) is 0.529. The molecule has 2 aliphatic rings. The molecule has 1 fully saturated rings. The van der Waals surface area contributed by atoms with Gasteiger partial charge in [-0.05, 0) is 48.4 Å². The summed E-state index contributed by atoms with van der Waals surface area (Å²) in [5, 5.41) is 2.62. The quantitative estimate of drug-likeness (QED) is 0.875. The zero-order valence-corrected chi connectivity index (χ0v) is 13.3. The maximum absolute atomic E-state index is 12.2. The molecule has 1 aromatic rings. The first-order valence-corrected chi connectivity index (χ1v) is 7.87. The Morgan fingerprint density at radius 3 is 2.55 bits per heavy atom. The minimum absolute atomic E-state index is 0.0459. The number of fused-ring (bicyclic) bond motifs is 1. The van der Waals surface area contributed by atoms with Gasteiger partial charge in [0.25, 0.3) is 5.91 Å². The van der Waals surface area contributed by atoms with Crippen molar-refractivity contribution >= 4 is 17.5 Å². The maximum Gasteiger partial charge on any atom is 0.251 e. The van der Waals surface area contributed by atoms with Crippen LogP contribution < -0.4 is 16.0 Å². The zero-order chi connectivity index (χ0) is 16.0. The lowest BCUT2D eigenvalue weighted by Crippen LogP contribution is -2.51. The fourth-order valence-corrected chi connectivity index (χ4v) is 3.68. The van der Waals surface area contributed by atoms with Crippen LogP contribution in [0, 0.1) is 11.8 Å². The fourth-order valence-electron chi connectivity index (χ4n) is 3.68. The first-order chi connectivity index (χ1) is 10.5. The van der Waals surface area contributed by atoms with Crippen LogP contribution in [-0.2, 0) is 4.79 Å². The number of hydrogen-bond acceptors (Lipinski definition) is 3. The number of nitrogens with two attached hydrogens (primary N) is 1. The molecule has 0 spiro atoms. The van der Waals surface area contributed by atoms with Gasteiger partial charge in [-0.15, -0.1) is 0 Å². The lowest BCUT2D eigenvalue weighted by Gasteiger charge is -2.44. The van der Waals surface area contributed by atoms with Crippen molar-refractivity contribution < 1.29 is 9.59 Å². The highest BCUT2D eigenvalue weighted by molar-refractivity contribution is 5.97. The van der Waals surface area contributed by atoms with Gasteiger partial charge in [-0.1, -0.05) is 6.92 Å². The molecule has 22 heavy (non-hydrogen) atoms. The average Bonchev–Trinajstić information content (AvgIpc) is 3.33. The number of rotatable bonds is 2. The van der Waals surface area contributed by atoms with Crippen molar-refractivity contribution in [2.45, 2.75) is 38.8 Å². The molecule has 1 aliphatic carbocycles. The number of benzene rings is 1. The molecule has 0 aromatic heterocycles. The van der Waals surface area contributed by atoms with Crippen LogP contribution in [0.2, 0.25) is 0 Å². The molecule has 1 heterocycles. The third-order valence-electron chi connectivity index (χ3n) is 4.98. The number of carbonyl (C=O) groups is 2. The predicted octanol–water partition coefficient (Wildman–Crippen LogP) is 1.83. The molecule has 0 radical (unpaired) electrons. The van der Waals surface area contributed by atoms with Crippen LogP contribution >= 0.6 is 0 Å². The summed E-state index contributed by atoms with van der Waals surface area (Å²) in [5.41, 5.74) is 8.78. The van der Waals surface area contributed by atoms with Crippen molar-refractivity contribution in [3.63, 3.8) is 0 Å². The van der Waals surface area contributed by atoms with Crippen LogP contribution in [0.5, 0.6) is 0 Å². The molecule has 5 heteroatoms. The minimum Gasteiger partial charge on any atom is -0.355 e. The average molecular weight is 301 g/mol. The van der Waals surface area contributed by atoms with Gasteiger partial charge in [0, 0.05) is 37.3 Å². The molecule has 3 atom stereocenters. The summed E-state index contributed by atoms with van der Waals surface area (Å²) in [6.45, 7) is 3.72. The van der Waals surface area contributed by atoms with E-state index in [9.17, 15) is 9.59 Å². The molecular formula is C17H23N3O2. The van der Waals surface area contributed by atoms with E-state index < -0.39 is 0 Å². The van der Waals surface area contributed by atoms with Gasteiger partial charge in [-0.2, -0.15) is 0 Å². The van der Waals surface area contributed by atoms with Crippen molar-refractivity contribution in [3.05, 3.63) is 29.3 Å². The van der Waals surface area contributed by atoms with E-state index in [0.29, 0.717) is 11.5 Å². The normalized spacial score (nSPS) is 27.3. The van der Waals surface area contributed by atoms with Crippen LogP contribution in [0.25, 0.3) is 0 Å². The summed E-state index contributed by atoms with van der Waals surface area (Å²) in [6.07, 6.45) is 2.33. The van der Waals surface area contributed by atoms with Gasteiger partial charge in [0.15, 0.2) is 0 Å². The predicted molar refractivity (Wildman–Crippen MR) is 85.6 cm³/mol. The Morgan fingerprint density at radius 2 is 2.00 bits per heavy atom. The van der Waals surface area contributed by atoms with Gasteiger partial charge in [0.1, 0.15) is 0 Å². The third-order valence-corrected chi connectivity index (χ3v) is 4.98. The summed E-state index contributed by atoms with van der Waals surface area (Å²) in [4.78, 5) is 26.0. The van der Waals surface area contributed by atoms with Gasteiger partial charge in [0.2, 0.25) is 5.91 Å². The number of amides is 2. The summed E-state index contributed by atoms with van der Waals surface area (Å²) in [7, 11) is 1.61. The molecular weight excluding hydrogens is 278 g/mol. The molecule has 1 aromatic carbocycles. The van der Waals surface area contributed by atoms with Gasteiger partial charge in [-0.25, -0.2) is 0 Å². The molecule has 0 bridgehead atoms. The number of hydrogen-bond donors (Lipinski definition) is 2. The van der Waals surface area contributed by atoms with Crippen LogP contribution in [0.15, 0.2) is 18.2 Å². The van der Waals surface area contributed by atoms with Crippen molar-refractivity contribution in [2.75, 3.05) is 11.9 Å². The van der Waals surface area contributed by atoms with E-state index in [1.54, 1.807) is 20.0 Å². The van der Waals surface area contributed by atoms with E-state index in [4.69, 9.17) is 5.73 Å². The van der Waals surface area contributed by atoms with Gasteiger partial charge in [-0.3, -0.25) is 9.59 Å². The largest absolute Gasteiger partial charge is 0.355 e. The second-order valence-electron chi connectivity index (χ2n) is 6.45. The Bertz CT molecular complexity index is 624.